The minimum atomic E-state index is -1.15. The summed E-state index contributed by atoms with van der Waals surface area (Å²) >= 11 is 6.03. The van der Waals surface area contributed by atoms with Gasteiger partial charge in [-0.15, -0.1) is 0 Å². The smallest absolute Gasteiger partial charge is 0.252 e. The maximum atomic E-state index is 12.2. The minimum Gasteiger partial charge on any atom is -0.466 e. The highest BCUT2D eigenvalue weighted by atomic mass is 35.5. The van der Waals surface area contributed by atoms with Crippen molar-refractivity contribution in [2.45, 2.75) is 33.3 Å². The molecule has 0 fully saturated rings. The molecule has 0 saturated carbocycles. The van der Waals surface area contributed by atoms with E-state index in [1.165, 1.54) is 0 Å². The molecule has 0 aliphatic heterocycles. The largest absolute Gasteiger partial charge is 0.466 e. The molecule has 1 amide bonds. The van der Waals surface area contributed by atoms with Gasteiger partial charge in [-0.25, -0.2) is 4.99 Å². The first kappa shape index (κ1) is 22.8. The normalized spacial score (nSPS) is 13.7. The predicted molar refractivity (Wildman–Crippen MR) is 116 cm³/mol. The number of halogens is 1. The molecule has 1 aromatic carbocycles. The fourth-order valence-electron chi connectivity index (χ4n) is 2.92. The molecule has 0 aliphatic carbocycles. The molecule has 1 aromatic heterocycles. The summed E-state index contributed by atoms with van der Waals surface area (Å²) in [7, 11) is 0. The molecule has 0 bridgehead atoms. The number of furan rings is 1. The highest BCUT2D eigenvalue weighted by Crippen LogP contribution is 2.27. The number of hydrogen-bond acceptors (Lipinski definition) is 4. The highest BCUT2D eigenvalue weighted by molar-refractivity contribution is 6.33. The standard InChI is InChI=1S/C21H29ClN4O3/c1-5-23-20(26-13-21(4,28)17-12-14(2)29-15(17)3)25-11-10-24-19(27)16-8-6-7-9-18(16)22/h6-9,12,28H,5,10-11,13H2,1-4H3,(H,24,27)(H2,23,25,26). The fraction of sp³-hybridized carbons (Fsp3) is 0.429. The molecular formula is C21H29ClN4O3. The van der Waals surface area contributed by atoms with Crippen molar-refractivity contribution in [3.05, 3.63) is 58.0 Å². The summed E-state index contributed by atoms with van der Waals surface area (Å²) in [5.74, 6) is 1.76. The summed E-state index contributed by atoms with van der Waals surface area (Å²) < 4.78 is 5.51. The zero-order valence-corrected chi connectivity index (χ0v) is 18.1. The van der Waals surface area contributed by atoms with Crippen LogP contribution in [0.25, 0.3) is 0 Å². The summed E-state index contributed by atoms with van der Waals surface area (Å²) in [4.78, 5) is 16.6. The number of guanidine groups is 1. The fourth-order valence-corrected chi connectivity index (χ4v) is 3.14. The Kier molecular flexibility index (Phi) is 8.10. The van der Waals surface area contributed by atoms with E-state index in [4.69, 9.17) is 16.0 Å². The third-order valence-electron chi connectivity index (χ3n) is 4.33. The molecule has 0 radical (unpaired) electrons. The highest BCUT2D eigenvalue weighted by Gasteiger charge is 2.27. The van der Waals surface area contributed by atoms with E-state index in [2.05, 4.69) is 20.9 Å². The molecule has 158 valence electrons. The van der Waals surface area contributed by atoms with Crippen LogP contribution in [0.1, 0.15) is 41.3 Å². The Morgan fingerprint density at radius 1 is 1.21 bits per heavy atom. The maximum Gasteiger partial charge on any atom is 0.252 e. The van der Waals surface area contributed by atoms with Crippen molar-refractivity contribution in [1.82, 2.24) is 16.0 Å². The number of aliphatic hydroxyl groups is 1. The van der Waals surface area contributed by atoms with Gasteiger partial charge in [0, 0.05) is 25.2 Å². The number of benzene rings is 1. The molecule has 7 nitrogen and oxygen atoms in total. The Bertz CT molecular complexity index is 861. The van der Waals surface area contributed by atoms with Crippen LogP contribution < -0.4 is 16.0 Å². The molecule has 8 heteroatoms. The third kappa shape index (κ3) is 6.51. The lowest BCUT2D eigenvalue weighted by molar-refractivity contribution is 0.0657. The Labute approximate surface area is 176 Å². The van der Waals surface area contributed by atoms with E-state index in [9.17, 15) is 9.90 Å². The summed E-state index contributed by atoms with van der Waals surface area (Å²) in [5, 5.41) is 20.3. The van der Waals surface area contributed by atoms with Crippen molar-refractivity contribution in [1.29, 1.82) is 0 Å². The summed E-state index contributed by atoms with van der Waals surface area (Å²) in [5.41, 5.74) is 0.0146. The number of aliphatic imine (C=N–C) groups is 1. The Hall–Kier alpha value is -2.51. The van der Waals surface area contributed by atoms with Crippen LogP contribution in [-0.2, 0) is 5.60 Å². The molecule has 0 saturated heterocycles. The van der Waals surface area contributed by atoms with Crippen LogP contribution in [0.3, 0.4) is 0 Å². The Morgan fingerprint density at radius 3 is 2.52 bits per heavy atom. The first-order valence-electron chi connectivity index (χ1n) is 9.59. The predicted octanol–water partition coefficient (Wildman–Crippen LogP) is 2.74. The topological polar surface area (TPSA) is 98.9 Å². The number of rotatable bonds is 8. The number of aryl methyl sites for hydroxylation is 2. The van der Waals surface area contributed by atoms with Crippen molar-refractivity contribution in [2.75, 3.05) is 26.2 Å². The van der Waals surface area contributed by atoms with Crippen LogP contribution >= 0.6 is 11.6 Å². The van der Waals surface area contributed by atoms with E-state index in [0.717, 1.165) is 11.3 Å². The van der Waals surface area contributed by atoms with E-state index in [1.807, 2.05) is 26.8 Å². The van der Waals surface area contributed by atoms with Crippen LogP contribution in [0, 0.1) is 13.8 Å². The molecule has 4 N–H and O–H groups in total. The van der Waals surface area contributed by atoms with E-state index < -0.39 is 5.60 Å². The van der Waals surface area contributed by atoms with Gasteiger partial charge in [0.2, 0.25) is 0 Å². The van der Waals surface area contributed by atoms with Crippen molar-refractivity contribution < 1.29 is 14.3 Å². The van der Waals surface area contributed by atoms with Crippen LogP contribution in [0.5, 0.6) is 0 Å². The van der Waals surface area contributed by atoms with Gasteiger partial charge in [-0.2, -0.15) is 0 Å². The molecule has 0 aliphatic rings. The van der Waals surface area contributed by atoms with Crippen LogP contribution in [0.15, 0.2) is 39.7 Å². The number of carbonyl (C=O) groups is 1. The molecule has 2 rings (SSSR count). The lowest BCUT2D eigenvalue weighted by Gasteiger charge is -2.21. The van der Waals surface area contributed by atoms with Gasteiger partial charge in [0.1, 0.15) is 17.1 Å². The molecule has 1 atom stereocenters. The molecule has 0 spiro atoms. The minimum absolute atomic E-state index is 0.161. The van der Waals surface area contributed by atoms with Crippen LogP contribution in [0.2, 0.25) is 5.02 Å². The second-order valence-electron chi connectivity index (χ2n) is 6.96. The van der Waals surface area contributed by atoms with Gasteiger partial charge in [0.15, 0.2) is 5.96 Å². The van der Waals surface area contributed by atoms with Gasteiger partial charge < -0.3 is 25.5 Å². The molecule has 1 unspecified atom stereocenters. The summed E-state index contributed by atoms with van der Waals surface area (Å²) in [6.07, 6.45) is 0. The van der Waals surface area contributed by atoms with E-state index in [0.29, 0.717) is 41.9 Å². The van der Waals surface area contributed by atoms with Crippen molar-refractivity contribution in [3.63, 3.8) is 0 Å². The van der Waals surface area contributed by atoms with Gasteiger partial charge >= 0.3 is 0 Å². The third-order valence-corrected chi connectivity index (χ3v) is 4.66. The Balaban J connectivity index is 1.90. The second kappa shape index (κ2) is 10.3. The van der Waals surface area contributed by atoms with E-state index >= 15 is 0 Å². The number of hydrogen-bond donors (Lipinski definition) is 4. The molecule has 1 heterocycles. The quantitative estimate of drug-likeness (QED) is 0.299. The Morgan fingerprint density at radius 2 is 1.90 bits per heavy atom. The van der Waals surface area contributed by atoms with Gasteiger partial charge in [0.05, 0.1) is 17.1 Å². The summed E-state index contributed by atoms with van der Waals surface area (Å²) in [6, 6.07) is 8.73. The van der Waals surface area contributed by atoms with Crippen molar-refractivity contribution in [3.8, 4) is 0 Å². The average Bonchev–Trinajstić information content (AvgIpc) is 3.02. The van der Waals surface area contributed by atoms with Gasteiger partial charge in [-0.3, -0.25) is 4.79 Å². The number of nitrogens with one attached hydrogen (secondary N) is 3. The zero-order chi connectivity index (χ0) is 21.4. The zero-order valence-electron chi connectivity index (χ0n) is 17.3. The summed E-state index contributed by atoms with van der Waals surface area (Å²) in [6.45, 7) is 9.03. The second-order valence-corrected chi connectivity index (χ2v) is 7.37. The van der Waals surface area contributed by atoms with Crippen molar-refractivity contribution in [2.24, 2.45) is 4.99 Å². The van der Waals surface area contributed by atoms with Crippen molar-refractivity contribution >= 4 is 23.5 Å². The lowest BCUT2D eigenvalue weighted by atomic mass is 9.96. The SMILES string of the molecule is CCNC(=NCC(C)(O)c1cc(C)oc1C)NCCNC(=O)c1ccccc1Cl. The molecule has 2 aromatic rings. The number of nitrogens with zero attached hydrogens (tertiary/aromatic N) is 1. The monoisotopic (exact) mass is 420 g/mol. The average molecular weight is 421 g/mol. The van der Waals surface area contributed by atoms with Gasteiger partial charge in [-0.05, 0) is 45.9 Å². The first-order valence-corrected chi connectivity index (χ1v) is 9.97. The number of amides is 1. The molecular weight excluding hydrogens is 392 g/mol. The molecule has 29 heavy (non-hydrogen) atoms. The van der Waals surface area contributed by atoms with E-state index in [1.54, 1.807) is 31.2 Å². The van der Waals surface area contributed by atoms with Gasteiger partial charge in [-0.1, -0.05) is 23.7 Å². The van der Waals surface area contributed by atoms with Gasteiger partial charge in [0.25, 0.3) is 5.91 Å². The first-order chi connectivity index (χ1) is 13.7. The maximum absolute atomic E-state index is 12.2. The number of carbonyl (C=O) groups excluding carboxylic acids is 1. The van der Waals surface area contributed by atoms with Crippen LogP contribution in [-0.4, -0.2) is 43.2 Å². The lowest BCUT2D eigenvalue weighted by Crippen LogP contribution is -2.42. The van der Waals surface area contributed by atoms with Crippen LogP contribution in [0.4, 0.5) is 0 Å². The van der Waals surface area contributed by atoms with E-state index in [-0.39, 0.29) is 12.5 Å².